The fourth-order valence-electron chi connectivity index (χ4n) is 2.78. The van der Waals surface area contributed by atoms with Crippen molar-refractivity contribution in [3.63, 3.8) is 0 Å². The number of carbonyl (C=O) groups is 1. The van der Waals surface area contributed by atoms with Crippen LogP contribution in [0.15, 0.2) is 77.7 Å². The molecule has 0 heterocycles. The summed E-state index contributed by atoms with van der Waals surface area (Å²) in [5.74, 6) is 0.445. The normalized spacial score (nSPS) is 11.2. The number of benzene rings is 3. The lowest BCUT2D eigenvalue weighted by molar-refractivity contribution is -0.111. The molecule has 0 aliphatic rings. The predicted molar refractivity (Wildman–Crippen MR) is 126 cm³/mol. The van der Waals surface area contributed by atoms with Crippen molar-refractivity contribution < 1.29 is 22.7 Å². The highest BCUT2D eigenvalue weighted by Crippen LogP contribution is 2.29. The summed E-state index contributed by atoms with van der Waals surface area (Å²) in [6.45, 7) is 0. The number of sulfonamides is 1. The Labute approximate surface area is 191 Å². The molecule has 1 amide bonds. The topological polar surface area (TPSA) is 93.7 Å². The van der Waals surface area contributed by atoms with Crippen LogP contribution in [0.5, 0.6) is 11.5 Å². The van der Waals surface area contributed by atoms with Crippen LogP contribution in [0.4, 0.5) is 11.4 Å². The van der Waals surface area contributed by atoms with Gasteiger partial charge in [-0.05, 0) is 60.2 Å². The van der Waals surface area contributed by atoms with Crippen LogP contribution in [0.2, 0.25) is 5.02 Å². The summed E-state index contributed by atoms with van der Waals surface area (Å²) >= 11 is 6.09. The first-order chi connectivity index (χ1) is 15.3. The zero-order valence-electron chi connectivity index (χ0n) is 17.3. The van der Waals surface area contributed by atoms with Crippen LogP contribution >= 0.6 is 11.6 Å². The molecule has 0 saturated heterocycles. The molecule has 0 saturated carbocycles. The lowest BCUT2D eigenvalue weighted by Crippen LogP contribution is -2.14. The van der Waals surface area contributed by atoms with Crippen LogP contribution in [0.3, 0.4) is 0 Å². The Kier molecular flexibility index (Phi) is 7.40. The van der Waals surface area contributed by atoms with Gasteiger partial charge >= 0.3 is 0 Å². The van der Waals surface area contributed by atoms with Gasteiger partial charge in [-0.1, -0.05) is 29.8 Å². The molecule has 0 aliphatic heterocycles. The van der Waals surface area contributed by atoms with Crippen molar-refractivity contribution in [1.29, 1.82) is 0 Å². The van der Waals surface area contributed by atoms with Crippen molar-refractivity contribution in [3.8, 4) is 11.5 Å². The first kappa shape index (κ1) is 23.2. The lowest BCUT2D eigenvalue weighted by atomic mass is 10.2. The van der Waals surface area contributed by atoms with Crippen molar-refractivity contribution in [2.45, 2.75) is 4.90 Å². The molecular formula is C23H21ClN2O5S. The van der Waals surface area contributed by atoms with E-state index in [2.05, 4.69) is 10.0 Å². The molecule has 0 spiro atoms. The van der Waals surface area contributed by atoms with E-state index < -0.39 is 15.9 Å². The Balaban J connectivity index is 1.81. The lowest BCUT2D eigenvalue weighted by Gasteiger charge is -2.13. The number of anilines is 2. The molecule has 0 aliphatic carbocycles. The highest BCUT2D eigenvalue weighted by Gasteiger charge is 2.17. The number of methoxy groups -OCH3 is 2. The monoisotopic (exact) mass is 472 g/mol. The maximum absolute atomic E-state index is 12.8. The SMILES string of the molecule is COc1ccc(NS(=O)(=O)c2ccc(OC)c(NC(=O)C=Cc3ccccc3Cl)c2)cc1. The summed E-state index contributed by atoms with van der Waals surface area (Å²) in [6, 6.07) is 17.7. The van der Waals surface area contributed by atoms with Gasteiger partial charge in [0.05, 0.1) is 24.8 Å². The van der Waals surface area contributed by atoms with Crippen LogP contribution < -0.4 is 19.5 Å². The molecule has 0 radical (unpaired) electrons. The Morgan fingerprint density at radius 2 is 1.69 bits per heavy atom. The van der Waals surface area contributed by atoms with E-state index in [0.717, 1.165) is 0 Å². The van der Waals surface area contributed by atoms with Gasteiger partial charge in [0, 0.05) is 16.8 Å². The van der Waals surface area contributed by atoms with Crippen LogP contribution in [0, 0.1) is 0 Å². The van der Waals surface area contributed by atoms with E-state index in [1.54, 1.807) is 54.6 Å². The molecule has 3 rings (SSSR count). The molecule has 2 N–H and O–H groups in total. The zero-order chi connectivity index (χ0) is 23.1. The van der Waals surface area contributed by atoms with Gasteiger partial charge in [0.2, 0.25) is 5.91 Å². The van der Waals surface area contributed by atoms with E-state index in [-0.39, 0.29) is 10.6 Å². The van der Waals surface area contributed by atoms with E-state index in [9.17, 15) is 13.2 Å². The number of carbonyl (C=O) groups excluding carboxylic acids is 1. The maximum Gasteiger partial charge on any atom is 0.261 e. The Bertz CT molecular complexity index is 1240. The molecule has 0 aromatic heterocycles. The van der Waals surface area contributed by atoms with Gasteiger partial charge in [0.15, 0.2) is 0 Å². The highest BCUT2D eigenvalue weighted by atomic mass is 35.5. The summed E-state index contributed by atoms with van der Waals surface area (Å²) in [4.78, 5) is 12.4. The first-order valence-corrected chi connectivity index (χ1v) is 11.3. The third-order valence-corrected chi connectivity index (χ3v) is 6.12. The Morgan fingerprint density at radius 3 is 2.34 bits per heavy atom. The minimum absolute atomic E-state index is 0.0421. The van der Waals surface area contributed by atoms with E-state index >= 15 is 0 Å². The summed E-state index contributed by atoms with van der Waals surface area (Å²) < 4.78 is 38.4. The third kappa shape index (κ3) is 5.81. The fraction of sp³-hybridized carbons (Fsp3) is 0.0870. The van der Waals surface area contributed by atoms with Crippen molar-refractivity contribution in [1.82, 2.24) is 0 Å². The van der Waals surface area contributed by atoms with E-state index in [4.69, 9.17) is 21.1 Å². The molecule has 0 unspecified atom stereocenters. The standard InChI is InChI=1S/C23H21ClN2O5S/c1-30-18-10-8-17(9-11-18)26-32(28,29)19-12-13-22(31-2)21(15-19)25-23(27)14-7-16-5-3-4-6-20(16)24/h3-15,26H,1-2H3,(H,25,27). The summed E-state index contributed by atoms with van der Waals surface area (Å²) in [6.07, 6.45) is 2.87. The van der Waals surface area contributed by atoms with Crippen LogP contribution in [-0.2, 0) is 14.8 Å². The van der Waals surface area contributed by atoms with E-state index in [0.29, 0.717) is 27.8 Å². The third-order valence-electron chi connectivity index (χ3n) is 4.40. The van der Waals surface area contributed by atoms with Gasteiger partial charge in [-0.25, -0.2) is 8.42 Å². The fourth-order valence-corrected chi connectivity index (χ4v) is 4.06. The second kappa shape index (κ2) is 10.2. The van der Waals surface area contributed by atoms with Gasteiger partial charge < -0.3 is 14.8 Å². The second-order valence-corrected chi connectivity index (χ2v) is 8.63. The zero-order valence-corrected chi connectivity index (χ0v) is 18.9. The van der Waals surface area contributed by atoms with Crippen LogP contribution in [0.25, 0.3) is 6.08 Å². The van der Waals surface area contributed by atoms with Crippen molar-refractivity contribution >= 4 is 45.0 Å². The average Bonchev–Trinajstić information content (AvgIpc) is 2.79. The quantitative estimate of drug-likeness (QED) is 0.459. The molecule has 0 bridgehead atoms. The van der Waals surface area contributed by atoms with Crippen LogP contribution in [0.1, 0.15) is 5.56 Å². The van der Waals surface area contributed by atoms with Gasteiger partial charge in [-0.15, -0.1) is 0 Å². The van der Waals surface area contributed by atoms with Crippen molar-refractivity contribution in [3.05, 3.63) is 83.4 Å². The van der Waals surface area contributed by atoms with Crippen LogP contribution in [-0.4, -0.2) is 28.5 Å². The van der Waals surface area contributed by atoms with Gasteiger partial charge in [0.25, 0.3) is 10.0 Å². The molecule has 7 nitrogen and oxygen atoms in total. The average molecular weight is 473 g/mol. The smallest absolute Gasteiger partial charge is 0.261 e. The summed E-state index contributed by atoms with van der Waals surface area (Å²) in [5, 5.41) is 3.15. The molecular weight excluding hydrogens is 452 g/mol. The maximum atomic E-state index is 12.8. The van der Waals surface area contributed by atoms with Gasteiger partial charge in [0.1, 0.15) is 11.5 Å². The number of ether oxygens (including phenoxy) is 2. The van der Waals surface area contributed by atoms with E-state index in [1.165, 1.54) is 38.5 Å². The van der Waals surface area contributed by atoms with Crippen molar-refractivity contribution in [2.75, 3.05) is 24.3 Å². The largest absolute Gasteiger partial charge is 0.497 e. The molecule has 0 fully saturated rings. The predicted octanol–water partition coefficient (Wildman–Crippen LogP) is 4.81. The number of hydrogen-bond donors (Lipinski definition) is 2. The number of amides is 1. The van der Waals surface area contributed by atoms with E-state index in [1.807, 2.05) is 0 Å². The molecule has 166 valence electrons. The minimum atomic E-state index is -3.91. The van der Waals surface area contributed by atoms with Gasteiger partial charge in [-0.3, -0.25) is 9.52 Å². The molecule has 32 heavy (non-hydrogen) atoms. The molecule has 3 aromatic carbocycles. The molecule has 0 atom stereocenters. The number of halogens is 1. The Hall–Kier alpha value is -3.49. The number of rotatable bonds is 8. The first-order valence-electron chi connectivity index (χ1n) is 9.41. The second-order valence-electron chi connectivity index (χ2n) is 6.54. The minimum Gasteiger partial charge on any atom is -0.497 e. The Morgan fingerprint density at radius 1 is 0.969 bits per heavy atom. The van der Waals surface area contributed by atoms with Gasteiger partial charge in [-0.2, -0.15) is 0 Å². The number of nitrogens with one attached hydrogen (secondary N) is 2. The summed E-state index contributed by atoms with van der Waals surface area (Å²) in [7, 11) is -0.961. The molecule has 3 aromatic rings. The molecule has 9 heteroatoms. The number of hydrogen-bond acceptors (Lipinski definition) is 5. The van der Waals surface area contributed by atoms with Crippen molar-refractivity contribution in [2.24, 2.45) is 0 Å². The highest BCUT2D eigenvalue weighted by molar-refractivity contribution is 7.92. The summed E-state index contributed by atoms with van der Waals surface area (Å²) in [5.41, 5.74) is 1.25.